The van der Waals surface area contributed by atoms with Crippen molar-refractivity contribution >= 4 is 17.8 Å². The van der Waals surface area contributed by atoms with Crippen LogP contribution < -0.4 is 0 Å². The van der Waals surface area contributed by atoms with Gasteiger partial charge in [-0.25, -0.2) is 0 Å². The summed E-state index contributed by atoms with van der Waals surface area (Å²) in [6, 6.07) is -1.11. The summed E-state index contributed by atoms with van der Waals surface area (Å²) < 4.78 is 9.18. The van der Waals surface area contributed by atoms with Crippen LogP contribution in [0.3, 0.4) is 0 Å². The van der Waals surface area contributed by atoms with Crippen molar-refractivity contribution < 1.29 is 66.3 Å². The van der Waals surface area contributed by atoms with Crippen LogP contribution in [0.2, 0.25) is 0 Å². The molecule has 169 valence electrons. The fourth-order valence-corrected chi connectivity index (χ4v) is 4.14. The number of carbonyl (C=O) groups is 3. The van der Waals surface area contributed by atoms with E-state index in [1.807, 2.05) is 0 Å². The Morgan fingerprint density at radius 3 is 2.03 bits per heavy atom. The van der Waals surface area contributed by atoms with E-state index in [4.69, 9.17) is 16.4 Å². The van der Waals surface area contributed by atoms with E-state index in [0.29, 0.717) is 19.4 Å². The Kier molecular flexibility index (Phi) is 14.2. The molecule has 5 unspecified atom stereocenters. The van der Waals surface area contributed by atoms with Crippen molar-refractivity contribution in [3.05, 3.63) is 21.7 Å². The first-order valence-electron chi connectivity index (χ1n) is 9.61. The Morgan fingerprint density at radius 2 is 1.53 bits per heavy atom. The van der Waals surface area contributed by atoms with Gasteiger partial charge in [-0.15, -0.1) is 0 Å². The maximum absolute atomic E-state index is 11.4. The number of esters is 2. The number of methoxy groups -OCH3 is 2. The van der Waals surface area contributed by atoms with Crippen molar-refractivity contribution in [2.24, 2.45) is 23.7 Å². The van der Waals surface area contributed by atoms with Gasteiger partial charge in [0.15, 0.2) is 0 Å². The molecule has 11 nitrogen and oxygen atoms in total. The smallest absolute Gasteiger partial charge is 0.316 e. The second-order valence-corrected chi connectivity index (χ2v) is 7.29. The van der Waals surface area contributed by atoms with Crippen molar-refractivity contribution in [3.63, 3.8) is 0 Å². The summed E-state index contributed by atoms with van der Waals surface area (Å²) in [4.78, 5) is 48.3. The fraction of sp³-hybridized carbons (Fsp3) is 0.833. The number of hydrogen-bond acceptors (Lipinski definition) is 8. The normalized spacial score (nSPS) is 28.0. The van der Waals surface area contributed by atoms with Gasteiger partial charge in [-0.1, -0.05) is 12.8 Å². The van der Waals surface area contributed by atoms with Crippen LogP contribution >= 0.6 is 0 Å². The van der Waals surface area contributed by atoms with E-state index in [1.165, 1.54) is 7.11 Å². The second-order valence-electron chi connectivity index (χ2n) is 7.29. The van der Waals surface area contributed by atoms with Gasteiger partial charge in [0.05, 0.1) is 26.0 Å². The molecule has 30 heavy (non-hydrogen) atoms. The van der Waals surface area contributed by atoms with E-state index < -0.39 is 34.7 Å². The van der Waals surface area contributed by atoms with Crippen LogP contribution in [0, 0.1) is 33.8 Å². The summed E-state index contributed by atoms with van der Waals surface area (Å²) in [5.41, 5.74) is 7.03. The average molecular weight is 504 g/mol. The molecule has 2 fully saturated rings. The predicted molar refractivity (Wildman–Crippen MR) is 101 cm³/mol. The Labute approximate surface area is 200 Å². The molecule has 1 amide bonds. The molecule has 2 N–H and O–H groups in total. The SMILES string of the molecule is COC(=O)C1C(C([NH-])=O)CCCC1[N+](=O)[O-].COC(=O)C1CCCCC1CO[NH-].[Y]. The van der Waals surface area contributed by atoms with Gasteiger partial charge in [0.1, 0.15) is 5.92 Å². The largest absolute Gasteiger partial charge is 0.668 e. The molecule has 2 saturated carbocycles. The molecule has 0 aromatic carbocycles. The summed E-state index contributed by atoms with van der Waals surface area (Å²) >= 11 is 0. The molecule has 2 aliphatic rings. The molecule has 12 heteroatoms. The number of rotatable bonds is 6. The quantitative estimate of drug-likeness (QED) is 0.302. The molecule has 0 aromatic rings. The number of carbonyl (C=O) groups excluding carboxylic acids is 3. The molecule has 0 aromatic heterocycles. The first kappa shape index (κ1) is 28.8. The summed E-state index contributed by atoms with van der Waals surface area (Å²) in [6.07, 6.45) is 5.12. The molecule has 2 rings (SSSR count). The summed E-state index contributed by atoms with van der Waals surface area (Å²) in [7, 11) is 2.54. The number of amides is 1. The van der Waals surface area contributed by atoms with E-state index in [9.17, 15) is 24.5 Å². The third kappa shape index (κ3) is 8.16. The van der Waals surface area contributed by atoms with E-state index in [2.05, 4.69) is 9.57 Å². The molecule has 0 saturated heterocycles. The minimum Gasteiger partial charge on any atom is -0.668 e. The van der Waals surface area contributed by atoms with E-state index >= 15 is 0 Å². The van der Waals surface area contributed by atoms with Crippen molar-refractivity contribution in [1.82, 2.24) is 0 Å². The van der Waals surface area contributed by atoms with Crippen molar-refractivity contribution in [1.29, 1.82) is 0 Å². The van der Waals surface area contributed by atoms with E-state index in [-0.39, 0.29) is 56.9 Å². The van der Waals surface area contributed by atoms with Gasteiger partial charge in [0, 0.05) is 56.6 Å². The Balaban J connectivity index is 0.000000553. The zero-order chi connectivity index (χ0) is 22.0. The zero-order valence-electron chi connectivity index (χ0n) is 17.3. The van der Waals surface area contributed by atoms with Gasteiger partial charge >= 0.3 is 11.9 Å². The molecule has 5 atom stereocenters. The maximum atomic E-state index is 11.4. The standard InChI is InChI=1S/C9H14N2O5.C9H16NO3.Y/c1-16-9(13)7-5(8(10)12)3-2-4-6(7)11(14)15;1-12-9(11)8-5-3-2-4-7(8)6-13-10;/h5-7H,2-4H2,1H3,(H2,10,12);7-8,10H,2-6H2,1H3;/q;-1;/p-1. The van der Waals surface area contributed by atoms with Gasteiger partial charge in [0.25, 0.3) is 0 Å². The molecule has 0 spiro atoms. The molecular weight excluding hydrogens is 475 g/mol. The van der Waals surface area contributed by atoms with Gasteiger partial charge < -0.3 is 30.7 Å². The Bertz CT molecular complexity index is 568. The number of nitrogens with one attached hydrogen (secondary N) is 2. The second kappa shape index (κ2) is 14.8. The van der Waals surface area contributed by atoms with Gasteiger partial charge in [-0.2, -0.15) is 0 Å². The Morgan fingerprint density at radius 1 is 0.967 bits per heavy atom. The monoisotopic (exact) mass is 504 g/mol. The fourth-order valence-electron chi connectivity index (χ4n) is 4.14. The summed E-state index contributed by atoms with van der Waals surface area (Å²) in [5, 5.41) is 10.8. The molecule has 2 aliphatic carbocycles. The number of ether oxygens (including phenoxy) is 2. The van der Waals surface area contributed by atoms with Gasteiger partial charge in [0.2, 0.25) is 6.04 Å². The van der Waals surface area contributed by atoms with Crippen LogP contribution in [0.25, 0.3) is 11.6 Å². The zero-order valence-corrected chi connectivity index (χ0v) is 20.2. The first-order chi connectivity index (χ1) is 13.8. The number of hydrogen-bond donors (Lipinski definition) is 0. The van der Waals surface area contributed by atoms with Gasteiger partial charge in [-0.05, 0) is 31.6 Å². The molecule has 0 heterocycles. The number of nitro groups is 1. The van der Waals surface area contributed by atoms with E-state index in [0.717, 1.165) is 32.8 Å². The van der Waals surface area contributed by atoms with Crippen LogP contribution in [-0.2, 0) is 61.4 Å². The topological polar surface area (TPSA) is 170 Å². The van der Waals surface area contributed by atoms with Crippen LogP contribution in [0.15, 0.2) is 0 Å². The van der Waals surface area contributed by atoms with Crippen LogP contribution in [-0.4, -0.2) is 49.6 Å². The van der Waals surface area contributed by atoms with Crippen LogP contribution in [0.4, 0.5) is 0 Å². The molecule has 1 radical (unpaired) electrons. The van der Waals surface area contributed by atoms with Crippen LogP contribution in [0.1, 0.15) is 44.9 Å². The minimum atomic E-state index is -1.11. The minimum absolute atomic E-state index is 0. The summed E-state index contributed by atoms with van der Waals surface area (Å²) in [6.45, 7) is 0.347. The maximum Gasteiger partial charge on any atom is 0.316 e. The van der Waals surface area contributed by atoms with Gasteiger partial charge in [-0.3, -0.25) is 19.7 Å². The molecule has 0 bridgehead atoms. The van der Waals surface area contributed by atoms with Crippen molar-refractivity contribution in [2.75, 3.05) is 20.8 Å². The predicted octanol–water partition coefficient (Wildman–Crippen LogP) is 2.75. The van der Waals surface area contributed by atoms with Crippen molar-refractivity contribution in [3.8, 4) is 0 Å². The van der Waals surface area contributed by atoms with Crippen molar-refractivity contribution in [2.45, 2.75) is 51.0 Å². The first-order valence-corrected chi connectivity index (χ1v) is 9.61. The van der Waals surface area contributed by atoms with Crippen LogP contribution in [0.5, 0.6) is 0 Å². The number of nitrogens with zero attached hydrogens (tertiary/aromatic N) is 1. The Hall–Kier alpha value is -1.17. The summed E-state index contributed by atoms with van der Waals surface area (Å²) in [5.74, 6) is 2.93. The average Bonchev–Trinajstić information content (AvgIpc) is 2.73. The van der Waals surface area contributed by atoms with E-state index in [1.54, 1.807) is 0 Å². The third-order valence-corrected chi connectivity index (χ3v) is 5.65. The molecule has 0 aliphatic heterocycles. The molecular formula is C18H29N3O8Y-2. The third-order valence-electron chi connectivity index (χ3n) is 5.65.